The molecule has 2 N–H and O–H groups in total. The van der Waals surface area contributed by atoms with E-state index in [1.807, 2.05) is 24.1 Å². The third-order valence-electron chi connectivity index (χ3n) is 5.71. The highest BCUT2D eigenvalue weighted by molar-refractivity contribution is 6.39. The molecular formula is C23H21Cl2N7O. The van der Waals surface area contributed by atoms with Crippen LogP contribution < -0.4 is 10.6 Å². The Morgan fingerprint density at radius 1 is 1.09 bits per heavy atom. The third-order valence-corrected chi connectivity index (χ3v) is 6.34. The van der Waals surface area contributed by atoms with Gasteiger partial charge < -0.3 is 15.5 Å². The van der Waals surface area contributed by atoms with Gasteiger partial charge in [-0.15, -0.1) is 0 Å². The average Bonchev–Trinajstić information content (AvgIpc) is 3.10. The minimum atomic E-state index is 0.103. The lowest BCUT2D eigenvalue weighted by atomic mass is 9.99. The second kappa shape index (κ2) is 8.53. The van der Waals surface area contributed by atoms with Crippen LogP contribution in [0.3, 0.4) is 0 Å². The zero-order valence-corrected chi connectivity index (χ0v) is 19.6. The number of aromatic nitrogens is 4. The molecule has 0 radical (unpaired) electrons. The van der Waals surface area contributed by atoms with Gasteiger partial charge in [-0.05, 0) is 41.8 Å². The minimum absolute atomic E-state index is 0.103. The normalized spacial score (nSPS) is 13.2. The molecule has 1 amide bonds. The number of aryl methyl sites for hydroxylation is 1. The second-order valence-electron chi connectivity index (χ2n) is 7.92. The van der Waals surface area contributed by atoms with E-state index in [1.54, 1.807) is 36.0 Å². The molecular weight excluding hydrogens is 461 g/mol. The maximum Gasteiger partial charge on any atom is 0.229 e. The Bertz CT molecular complexity index is 1360. The van der Waals surface area contributed by atoms with E-state index in [-0.39, 0.29) is 5.91 Å². The molecule has 0 spiro atoms. The number of rotatable bonds is 4. The van der Waals surface area contributed by atoms with E-state index in [0.29, 0.717) is 39.7 Å². The zero-order valence-electron chi connectivity index (χ0n) is 18.1. The number of amides is 1. The molecule has 8 nitrogen and oxygen atoms in total. The van der Waals surface area contributed by atoms with E-state index in [9.17, 15) is 4.79 Å². The number of halogens is 2. The quantitative estimate of drug-likeness (QED) is 0.423. The molecule has 168 valence electrons. The molecule has 0 unspecified atom stereocenters. The van der Waals surface area contributed by atoms with Crippen molar-refractivity contribution in [2.75, 3.05) is 17.2 Å². The number of anilines is 4. The summed E-state index contributed by atoms with van der Waals surface area (Å²) in [7, 11) is 1.82. The Morgan fingerprint density at radius 2 is 1.88 bits per heavy atom. The summed E-state index contributed by atoms with van der Waals surface area (Å²) >= 11 is 12.6. The third kappa shape index (κ3) is 4.19. The summed E-state index contributed by atoms with van der Waals surface area (Å²) < 4.78 is 1.68. The molecule has 2 aromatic carbocycles. The summed E-state index contributed by atoms with van der Waals surface area (Å²) in [6.45, 7) is 2.99. The molecule has 0 atom stereocenters. The molecule has 0 bridgehead atoms. The van der Waals surface area contributed by atoms with E-state index in [0.717, 1.165) is 24.0 Å². The Morgan fingerprint density at radius 3 is 2.64 bits per heavy atom. The molecule has 1 aliphatic heterocycles. The number of hydrogen-bond donors (Lipinski definition) is 2. The highest BCUT2D eigenvalue weighted by atomic mass is 35.5. The topological polar surface area (TPSA) is 88.0 Å². The van der Waals surface area contributed by atoms with Crippen LogP contribution in [0.4, 0.5) is 23.1 Å². The van der Waals surface area contributed by atoms with Gasteiger partial charge in [0.2, 0.25) is 11.9 Å². The predicted molar refractivity (Wildman–Crippen MR) is 131 cm³/mol. The largest absolute Gasteiger partial charge is 0.338 e. The van der Waals surface area contributed by atoms with Crippen LogP contribution in [0.2, 0.25) is 10.0 Å². The van der Waals surface area contributed by atoms with E-state index in [4.69, 9.17) is 23.2 Å². The Labute approximate surface area is 200 Å². The van der Waals surface area contributed by atoms with Gasteiger partial charge in [-0.3, -0.25) is 4.79 Å². The molecule has 10 heteroatoms. The van der Waals surface area contributed by atoms with Crippen LogP contribution in [-0.4, -0.2) is 37.1 Å². The van der Waals surface area contributed by atoms with Crippen LogP contribution in [-0.2, 0) is 24.8 Å². The van der Waals surface area contributed by atoms with E-state index in [2.05, 4.69) is 31.8 Å². The zero-order chi connectivity index (χ0) is 23.1. The van der Waals surface area contributed by atoms with Gasteiger partial charge in [0.05, 0.1) is 21.1 Å². The number of nitrogens with zero attached hydrogens (tertiary/aromatic N) is 5. The fourth-order valence-corrected chi connectivity index (χ4v) is 4.45. The molecule has 4 aromatic rings. The number of benzene rings is 2. The number of hydrogen-bond acceptors (Lipinski definition) is 6. The lowest BCUT2D eigenvalue weighted by Crippen LogP contribution is -2.34. The van der Waals surface area contributed by atoms with Gasteiger partial charge in [-0.2, -0.15) is 10.1 Å². The summed E-state index contributed by atoms with van der Waals surface area (Å²) in [5.74, 6) is 1.14. The molecule has 0 aliphatic carbocycles. The fourth-order valence-electron chi connectivity index (χ4n) is 3.95. The smallest absolute Gasteiger partial charge is 0.229 e. The van der Waals surface area contributed by atoms with Gasteiger partial charge in [-0.1, -0.05) is 35.3 Å². The first-order chi connectivity index (χ1) is 15.9. The SMILES string of the molecule is CC(=O)N1CCc2cc(Nc3ncc4c(Nc5c(Cl)cccc5Cl)nn(C)c4n3)ccc2C1. The summed E-state index contributed by atoms with van der Waals surface area (Å²) in [6.07, 6.45) is 2.54. The van der Waals surface area contributed by atoms with Crippen molar-refractivity contribution in [3.05, 3.63) is 63.8 Å². The van der Waals surface area contributed by atoms with Crippen LogP contribution in [0.25, 0.3) is 11.0 Å². The monoisotopic (exact) mass is 481 g/mol. The number of carbonyl (C=O) groups excluding carboxylic acids is 1. The first-order valence-electron chi connectivity index (χ1n) is 10.4. The lowest BCUT2D eigenvalue weighted by Gasteiger charge is -2.28. The van der Waals surface area contributed by atoms with Crippen molar-refractivity contribution in [2.45, 2.75) is 19.9 Å². The molecule has 1 aliphatic rings. The fraction of sp³-hybridized carbons (Fsp3) is 0.217. The van der Waals surface area contributed by atoms with Gasteiger partial charge in [0.1, 0.15) is 0 Å². The van der Waals surface area contributed by atoms with Gasteiger partial charge in [0, 0.05) is 38.9 Å². The van der Waals surface area contributed by atoms with Gasteiger partial charge in [0.25, 0.3) is 0 Å². The first kappa shape index (κ1) is 21.5. The highest BCUT2D eigenvalue weighted by Gasteiger charge is 2.19. The minimum Gasteiger partial charge on any atom is -0.338 e. The summed E-state index contributed by atoms with van der Waals surface area (Å²) in [5, 5.41) is 12.7. The number of carbonyl (C=O) groups is 1. The van der Waals surface area contributed by atoms with Crippen molar-refractivity contribution in [2.24, 2.45) is 7.05 Å². The van der Waals surface area contributed by atoms with Gasteiger partial charge in [-0.25, -0.2) is 9.67 Å². The maximum atomic E-state index is 11.7. The van der Waals surface area contributed by atoms with E-state index < -0.39 is 0 Å². The Balaban J connectivity index is 1.40. The van der Waals surface area contributed by atoms with Crippen molar-refractivity contribution in [1.82, 2.24) is 24.6 Å². The van der Waals surface area contributed by atoms with Crippen LogP contribution in [0, 0.1) is 0 Å². The molecule has 2 aromatic heterocycles. The molecule has 0 fully saturated rings. The Kier molecular flexibility index (Phi) is 5.55. The van der Waals surface area contributed by atoms with E-state index >= 15 is 0 Å². The van der Waals surface area contributed by atoms with Crippen molar-refractivity contribution in [3.63, 3.8) is 0 Å². The predicted octanol–water partition coefficient (Wildman–Crippen LogP) is 5.06. The van der Waals surface area contributed by atoms with Gasteiger partial charge >= 0.3 is 0 Å². The molecule has 3 heterocycles. The van der Waals surface area contributed by atoms with Crippen molar-refractivity contribution in [3.8, 4) is 0 Å². The molecule has 33 heavy (non-hydrogen) atoms. The Hall–Kier alpha value is -3.36. The van der Waals surface area contributed by atoms with Crippen LogP contribution >= 0.6 is 23.2 Å². The number of para-hydroxylation sites is 1. The molecule has 5 rings (SSSR count). The summed E-state index contributed by atoms with van der Waals surface area (Å²) in [5.41, 5.74) is 4.53. The van der Waals surface area contributed by atoms with Crippen LogP contribution in [0.5, 0.6) is 0 Å². The van der Waals surface area contributed by atoms with E-state index in [1.165, 1.54) is 11.1 Å². The van der Waals surface area contributed by atoms with Crippen molar-refractivity contribution in [1.29, 1.82) is 0 Å². The second-order valence-corrected chi connectivity index (χ2v) is 8.74. The first-order valence-corrected chi connectivity index (χ1v) is 11.2. The van der Waals surface area contributed by atoms with Crippen molar-refractivity contribution < 1.29 is 4.79 Å². The summed E-state index contributed by atoms with van der Waals surface area (Å²) in [6, 6.07) is 11.4. The summed E-state index contributed by atoms with van der Waals surface area (Å²) in [4.78, 5) is 22.6. The van der Waals surface area contributed by atoms with Crippen LogP contribution in [0.15, 0.2) is 42.6 Å². The van der Waals surface area contributed by atoms with Crippen LogP contribution in [0.1, 0.15) is 18.1 Å². The average molecular weight is 482 g/mol. The van der Waals surface area contributed by atoms with Crippen molar-refractivity contribution >= 4 is 63.3 Å². The number of fused-ring (bicyclic) bond motifs is 2. The number of nitrogens with one attached hydrogen (secondary N) is 2. The van der Waals surface area contributed by atoms with Gasteiger partial charge in [0.15, 0.2) is 11.5 Å². The maximum absolute atomic E-state index is 11.7. The standard InChI is InChI=1S/C23H21Cl2N7O/c1-13(33)32-9-8-14-10-16(7-6-15(14)12-32)27-23-26-11-17-21(30-31(2)22(17)29-23)28-20-18(24)4-3-5-19(20)25/h3-7,10-11H,8-9,12H2,1-2H3,(H,28,30)(H,26,27,29). The molecule has 0 saturated heterocycles. The lowest BCUT2D eigenvalue weighted by molar-refractivity contribution is -0.129. The highest BCUT2D eigenvalue weighted by Crippen LogP contribution is 2.34. The molecule has 0 saturated carbocycles.